The van der Waals surface area contributed by atoms with Crippen LogP contribution in [0.25, 0.3) is 0 Å². The Morgan fingerprint density at radius 3 is 1.88 bits per heavy atom. The van der Waals surface area contributed by atoms with E-state index in [0.29, 0.717) is 6.42 Å². The average Bonchev–Trinajstić information content (AvgIpc) is 1.21. The Bertz CT molecular complexity index is 91.2. The summed E-state index contributed by atoms with van der Waals surface area (Å²) in [5.74, 6) is 0.0255. The summed E-state index contributed by atoms with van der Waals surface area (Å²) in [6.07, 6.45) is 0.576. The highest BCUT2D eigenvalue weighted by Gasteiger charge is 2.14. The van der Waals surface area contributed by atoms with Crippen LogP contribution < -0.4 is 5.73 Å². The number of rotatable bonds is 1. The quantitative estimate of drug-likeness (QED) is 0.522. The summed E-state index contributed by atoms with van der Waals surface area (Å²) >= 11 is 0. The van der Waals surface area contributed by atoms with Gasteiger partial charge in [-0.2, -0.15) is 0 Å². The molecule has 2 heteroatoms. The predicted molar refractivity (Wildman–Crippen MR) is 32.0 cm³/mol. The smallest absolute Gasteiger partial charge is 0.295 e. The topological polar surface area (TPSA) is 44.7 Å². The molecule has 0 aliphatic rings. The van der Waals surface area contributed by atoms with Crippen LogP contribution in [0.3, 0.4) is 0 Å². The van der Waals surface area contributed by atoms with Crippen molar-refractivity contribution in [3.63, 3.8) is 0 Å². The van der Waals surface area contributed by atoms with Crippen molar-refractivity contribution in [3.8, 4) is 0 Å². The Hall–Kier alpha value is -0.370. The Kier molecular flexibility index (Phi) is 2.16. The monoisotopic (exact) mass is 116 g/mol. The van der Waals surface area contributed by atoms with Gasteiger partial charge in [0, 0.05) is 0 Å². The fraction of sp³-hybridized carbons (Fsp3) is 0.833. The molecule has 0 bridgehead atoms. The molecule has 0 aliphatic carbocycles. The molecule has 0 fully saturated rings. The van der Waals surface area contributed by atoms with Crippen molar-refractivity contribution < 1.29 is 10.5 Å². The van der Waals surface area contributed by atoms with E-state index in [1.54, 1.807) is 0 Å². The van der Waals surface area contributed by atoms with Gasteiger partial charge < -0.3 is 0 Å². The van der Waals surface area contributed by atoms with Gasteiger partial charge in [-0.1, -0.05) is 20.8 Å². The van der Waals surface area contributed by atoms with E-state index in [-0.39, 0.29) is 11.3 Å². The molecule has 0 atom stereocenters. The third kappa shape index (κ3) is 5.63. The van der Waals surface area contributed by atoms with Crippen molar-refractivity contribution in [3.05, 3.63) is 0 Å². The minimum Gasteiger partial charge on any atom is -0.295 e. The van der Waals surface area contributed by atoms with Crippen LogP contribution in [0, 0.1) is 5.41 Å². The van der Waals surface area contributed by atoms with Crippen LogP contribution in [0.15, 0.2) is 0 Å². The van der Waals surface area contributed by atoms with E-state index in [0.717, 1.165) is 0 Å². The second-order valence-electron chi connectivity index (χ2n) is 3.28. The highest BCUT2D eigenvalue weighted by Crippen LogP contribution is 2.16. The molecule has 2 nitrogen and oxygen atoms in total. The normalized spacial score (nSPS) is 11.5. The van der Waals surface area contributed by atoms with Gasteiger partial charge in [-0.3, -0.25) is 5.73 Å². The molecule has 0 aromatic rings. The van der Waals surface area contributed by atoms with Gasteiger partial charge in [0.05, 0.1) is 6.42 Å². The van der Waals surface area contributed by atoms with E-state index in [1.165, 1.54) is 0 Å². The number of carbonyl (C=O) groups excluding carboxylic acids is 1. The largest absolute Gasteiger partial charge is 0.309 e. The second kappa shape index (κ2) is 2.27. The van der Waals surface area contributed by atoms with Gasteiger partial charge >= 0.3 is 5.91 Å². The molecule has 0 aliphatic heterocycles. The first kappa shape index (κ1) is 7.63. The molecule has 0 saturated carbocycles. The van der Waals surface area contributed by atoms with Gasteiger partial charge in [-0.25, -0.2) is 4.79 Å². The van der Waals surface area contributed by atoms with E-state index >= 15 is 0 Å². The molecule has 0 aromatic carbocycles. The van der Waals surface area contributed by atoms with Gasteiger partial charge in [0.25, 0.3) is 0 Å². The molecule has 0 rings (SSSR count). The van der Waals surface area contributed by atoms with Gasteiger partial charge in [0.15, 0.2) is 0 Å². The Morgan fingerprint density at radius 2 is 1.88 bits per heavy atom. The number of carbonyl (C=O) groups is 1. The molecular weight excluding hydrogens is 102 g/mol. The van der Waals surface area contributed by atoms with E-state index in [9.17, 15) is 4.79 Å². The summed E-state index contributed by atoms with van der Waals surface area (Å²) in [6.45, 7) is 6.07. The van der Waals surface area contributed by atoms with Crippen LogP contribution in [-0.4, -0.2) is 5.91 Å². The van der Waals surface area contributed by atoms with Gasteiger partial charge in [-0.05, 0) is 5.41 Å². The number of amides is 1. The zero-order valence-corrected chi connectivity index (χ0v) is 5.82. The summed E-state index contributed by atoms with van der Waals surface area (Å²) in [6, 6.07) is 0. The highest BCUT2D eigenvalue weighted by atomic mass is 16.1. The lowest BCUT2D eigenvalue weighted by molar-refractivity contribution is -0.307. The maximum Gasteiger partial charge on any atom is 0.309 e. The van der Waals surface area contributed by atoms with Gasteiger partial charge in [-0.15, -0.1) is 0 Å². The molecule has 0 heterocycles. The minimum atomic E-state index is 0.0255. The lowest BCUT2D eigenvalue weighted by Crippen LogP contribution is -2.57. The molecule has 8 heavy (non-hydrogen) atoms. The van der Waals surface area contributed by atoms with Crippen molar-refractivity contribution in [2.45, 2.75) is 27.2 Å². The van der Waals surface area contributed by atoms with Crippen LogP contribution in [0.1, 0.15) is 27.2 Å². The third-order valence-electron chi connectivity index (χ3n) is 0.727. The number of quaternary nitrogens is 1. The van der Waals surface area contributed by atoms with E-state index in [1.807, 2.05) is 20.8 Å². The zero-order chi connectivity index (χ0) is 6.78. The molecule has 0 radical (unpaired) electrons. The lowest BCUT2D eigenvalue weighted by Gasteiger charge is -2.12. The summed E-state index contributed by atoms with van der Waals surface area (Å²) in [4.78, 5) is 10.3. The summed E-state index contributed by atoms with van der Waals surface area (Å²) in [7, 11) is 0. The number of hydrogen-bond donors (Lipinski definition) is 1. The van der Waals surface area contributed by atoms with Crippen molar-refractivity contribution in [2.75, 3.05) is 0 Å². The van der Waals surface area contributed by atoms with Gasteiger partial charge in [0.2, 0.25) is 0 Å². The summed E-state index contributed by atoms with van der Waals surface area (Å²) < 4.78 is 0. The molecule has 3 N–H and O–H groups in total. The van der Waals surface area contributed by atoms with Gasteiger partial charge in [0.1, 0.15) is 0 Å². The van der Waals surface area contributed by atoms with Crippen LogP contribution in [0.5, 0.6) is 0 Å². The molecule has 0 aromatic heterocycles. The standard InChI is InChI=1S/C6H13NO/c1-6(2,3)4-5(7)8/h4H2,1-3H3,(H2,7,8)/p+1. The SMILES string of the molecule is CC(C)(C)CC([NH3+])=O. The maximum absolute atomic E-state index is 10.3. The first-order valence-corrected chi connectivity index (χ1v) is 2.76. The molecular formula is C6H14NO+. The van der Waals surface area contributed by atoms with Crippen molar-refractivity contribution in [2.24, 2.45) is 5.41 Å². The second-order valence-corrected chi connectivity index (χ2v) is 3.28. The van der Waals surface area contributed by atoms with Crippen LogP contribution in [-0.2, 0) is 4.79 Å². The van der Waals surface area contributed by atoms with E-state index < -0.39 is 0 Å². The van der Waals surface area contributed by atoms with E-state index in [2.05, 4.69) is 5.73 Å². The highest BCUT2D eigenvalue weighted by molar-refractivity contribution is 5.64. The molecule has 48 valence electrons. The molecule has 0 spiro atoms. The Morgan fingerprint density at radius 1 is 1.50 bits per heavy atom. The van der Waals surface area contributed by atoms with Crippen molar-refractivity contribution in [1.82, 2.24) is 0 Å². The Labute approximate surface area is 50.1 Å². The fourth-order valence-electron chi connectivity index (χ4n) is 0.592. The minimum absolute atomic E-state index is 0.0255. The molecule has 0 saturated heterocycles. The van der Waals surface area contributed by atoms with Crippen LogP contribution >= 0.6 is 0 Å². The summed E-state index contributed by atoms with van der Waals surface area (Å²) in [5, 5.41) is 0. The molecule has 0 unspecified atom stereocenters. The van der Waals surface area contributed by atoms with Crippen molar-refractivity contribution >= 4 is 5.91 Å². The summed E-state index contributed by atoms with van der Waals surface area (Å²) in [5.41, 5.74) is 3.39. The number of hydrogen-bond acceptors (Lipinski definition) is 1. The fourth-order valence-corrected chi connectivity index (χ4v) is 0.592. The predicted octanol–water partition coefficient (Wildman–Crippen LogP) is 0.191. The third-order valence-corrected chi connectivity index (χ3v) is 0.727. The van der Waals surface area contributed by atoms with Crippen LogP contribution in [0.2, 0.25) is 0 Å². The zero-order valence-electron chi connectivity index (χ0n) is 5.82. The first-order chi connectivity index (χ1) is 3.42. The average molecular weight is 116 g/mol. The maximum atomic E-state index is 10.3. The molecule has 1 amide bonds. The lowest BCUT2D eigenvalue weighted by atomic mass is 9.92. The first-order valence-electron chi connectivity index (χ1n) is 2.76. The Balaban J connectivity index is 3.55. The van der Waals surface area contributed by atoms with E-state index in [4.69, 9.17) is 0 Å². The van der Waals surface area contributed by atoms with Crippen LogP contribution in [0.4, 0.5) is 0 Å². The van der Waals surface area contributed by atoms with Crippen molar-refractivity contribution in [1.29, 1.82) is 0 Å².